The Balaban J connectivity index is 1.93. The zero-order valence-corrected chi connectivity index (χ0v) is 15.9. The average molecular weight is 388 g/mol. The van der Waals surface area contributed by atoms with Gasteiger partial charge in [-0.1, -0.05) is 12.1 Å². The van der Waals surface area contributed by atoms with Crippen LogP contribution in [0.15, 0.2) is 41.3 Å². The largest absolute Gasteiger partial charge is 0.497 e. The normalized spacial score (nSPS) is 11.4. The Bertz CT molecular complexity index is 1450. The Morgan fingerprint density at radius 2 is 1.97 bits per heavy atom. The zero-order chi connectivity index (χ0) is 20.1. The molecular formula is C19H16N8O2. The van der Waals surface area contributed by atoms with Gasteiger partial charge in [-0.15, -0.1) is 10.2 Å². The van der Waals surface area contributed by atoms with Crippen LogP contribution >= 0.6 is 0 Å². The lowest BCUT2D eigenvalue weighted by Crippen LogP contribution is -2.21. The van der Waals surface area contributed by atoms with E-state index in [1.807, 2.05) is 24.3 Å². The minimum absolute atomic E-state index is 0.265. The molecule has 5 rings (SSSR count). The van der Waals surface area contributed by atoms with E-state index in [0.717, 1.165) is 5.56 Å². The van der Waals surface area contributed by atoms with E-state index in [1.54, 1.807) is 37.7 Å². The number of benzene rings is 1. The Morgan fingerprint density at radius 1 is 1.10 bits per heavy atom. The molecule has 10 nitrogen and oxygen atoms in total. The number of ether oxygens (including phenoxy) is 1. The first-order chi connectivity index (χ1) is 14.0. The highest BCUT2D eigenvalue weighted by Crippen LogP contribution is 2.28. The van der Waals surface area contributed by atoms with E-state index in [0.29, 0.717) is 39.8 Å². The number of nitrogens with zero attached hydrogens (tertiary/aromatic N) is 7. The molecule has 29 heavy (non-hydrogen) atoms. The standard InChI is InChI=1S/C19H16N8O2/c1-10-20-19(24-23-10)26-8-7-14-15(17(26)28)16(12-5-4-6-13(9-12)29-3)27-18(22-14)21-11(2)25-27/h4-9H,1-3H3,(H,20,23,24). The molecule has 1 N–H and O–H groups in total. The summed E-state index contributed by atoms with van der Waals surface area (Å²) in [7, 11) is 1.59. The molecule has 0 aliphatic rings. The van der Waals surface area contributed by atoms with Crippen molar-refractivity contribution in [3.8, 4) is 23.0 Å². The molecule has 0 radical (unpaired) electrons. The second-order valence-electron chi connectivity index (χ2n) is 6.54. The Morgan fingerprint density at radius 3 is 2.72 bits per heavy atom. The van der Waals surface area contributed by atoms with E-state index in [1.165, 1.54) is 4.57 Å². The van der Waals surface area contributed by atoms with E-state index in [9.17, 15) is 4.79 Å². The number of rotatable bonds is 3. The van der Waals surface area contributed by atoms with Crippen molar-refractivity contribution in [1.82, 2.24) is 39.3 Å². The Hall–Kier alpha value is -4.08. The maximum absolute atomic E-state index is 13.5. The molecular weight excluding hydrogens is 372 g/mol. The summed E-state index contributed by atoms with van der Waals surface area (Å²) >= 11 is 0. The van der Waals surface area contributed by atoms with Crippen LogP contribution in [0.1, 0.15) is 11.6 Å². The zero-order valence-electron chi connectivity index (χ0n) is 15.9. The van der Waals surface area contributed by atoms with Gasteiger partial charge in [0.1, 0.15) is 17.4 Å². The van der Waals surface area contributed by atoms with Gasteiger partial charge in [0.05, 0.1) is 23.7 Å². The molecule has 144 valence electrons. The first kappa shape index (κ1) is 17.0. The van der Waals surface area contributed by atoms with Crippen LogP contribution in [0.25, 0.3) is 33.9 Å². The van der Waals surface area contributed by atoms with Crippen LogP contribution in [0.3, 0.4) is 0 Å². The van der Waals surface area contributed by atoms with Gasteiger partial charge >= 0.3 is 0 Å². The Kier molecular flexibility index (Phi) is 3.66. The fourth-order valence-corrected chi connectivity index (χ4v) is 3.31. The molecule has 0 unspecified atom stereocenters. The number of hydrogen-bond donors (Lipinski definition) is 1. The van der Waals surface area contributed by atoms with Crippen molar-refractivity contribution < 1.29 is 4.74 Å². The summed E-state index contributed by atoms with van der Waals surface area (Å²) in [5.74, 6) is 2.51. The van der Waals surface area contributed by atoms with Crippen LogP contribution < -0.4 is 10.3 Å². The second kappa shape index (κ2) is 6.23. The van der Waals surface area contributed by atoms with Gasteiger partial charge in [0.25, 0.3) is 17.3 Å². The maximum atomic E-state index is 13.5. The minimum atomic E-state index is -0.304. The van der Waals surface area contributed by atoms with Crippen molar-refractivity contribution in [3.05, 3.63) is 58.5 Å². The third-order valence-corrected chi connectivity index (χ3v) is 4.58. The molecule has 4 aromatic heterocycles. The fourth-order valence-electron chi connectivity index (χ4n) is 3.31. The van der Waals surface area contributed by atoms with Gasteiger partial charge in [0.2, 0.25) is 0 Å². The molecule has 4 heterocycles. The summed E-state index contributed by atoms with van der Waals surface area (Å²) < 4.78 is 8.33. The van der Waals surface area contributed by atoms with Crippen LogP contribution in [-0.2, 0) is 0 Å². The van der Waals surface area contributed by atoms with Crippen LogP contribution in [0.4, 0.5) is 0 Å². The van der Waals surface area contributed by atoms with Gasteiger partial charge in [-0.05, 0) is 32.0 Å². The minimum Gasteiger partial charge on any atom is -0.497 e. The van der Waals surface area contributed by atoms with Gasteiger partial charge in [-0.3, -0.25) is 9.89 Å². The Labute approximate surface area is 163 Å². The third kappa shape index (κ3) is 2.64. The number of aromatic nitrogens is 8. The van der Waals surface area contributed by atoms with Crippen molar-refractivity contribution in [2.45, 2.75) is 13.8 Å². The highest BCUT2D eigenvalue weighted by molar-refractivity contribution is 5.93. The average Bonchev–Trinajstić information content (AvgIpc) is 3.31. The monoisotopic (exact) mass is 388 g/mol. The van der Waals surface area contributed by atoms with E-state index < -0.39 is 0 Å². The lowest BCUT2D eigenvalue weighted by molar-refractivity contribution is 0.415. The summed E-state index contributed by atoms with van der Waals surface area (Å²) in [6.07, 6.45) is 1.61. The molecule has 0 amide bonds. The molecule has 10 heteroatoms. The van der Waals surface area contributed by atoms with E-state index in [2.05, 4.69) is 30.2 Å². The van der Waals surface area contributed by atoms with Gasteiger partial charge < -0.3 is 4.74 Å². The number of hydrogen-bond acceptors (Lipinski definition) is 7. The summed E-state index contributed by atoms with van der Waals surface area (Å²) in [5, 5.41) is 11.7. The molecule has 5 aromatic rings. The molecule has 0 bridgehead atoms. The molecule has 0 aliphatic carbocycles. The van der Waals surface area contributed by atoms with Gasteiger partial charge in [0, 0.05) is 11.8 Å². The number of nitrogens with one attached hydrogen (secondary N) is 1. The molecule has 0 saturated heterocycles. The number of aromatic amines is 1. The maximum Gasteiger partial charge on any atom is 0.269 e. The predicted molar refractivity (Wildman–Crippen MR) is 105 cm³/mol. The number of H-pyrrole nitrogens is 1. The number of aryl methyl sites for hydroxylation is 2. The summed E-state index contributed by atoms with van der Waals surface area (Å²) in [4.78, 5) is 26.6. The van der Waals surface area contributed by atoms with Crippen LogP contribution in [0, 0.1) is 13.8 Å². The number of fused-ring (bicyclic) bond motifs is 2. The first-order valence-corrected chi connectivity index (χ1v) is 8.87. The molecule has 1 aromatic carbocycles. The lowest BCUT2D eigenvalue weighted by Gasteiger charge is -2.11. The SMILES string of the molecule is COc1cccc(-c2c3c(=O)n(-c4n[nH]c(C)n4)ccc3nc3nc(C)nn23)c1. The van der Waals surface area contributed by atoms with Crippen molar-refractivity contribution in [2.75, 3.05) is 7.11 Å². The van der Waals surface area contributed by atoms with Crippen molar-refractivity contribution in [1.29, 1.82) is 0 Å². The van der Waals surface area contributed by atoms with Gasteiger partial charge in [-0.25, -0.2) is 9.55 Å². The third-order valence-electron chi connectivity index (χ3n) is 4.58. The van der Waals surface area contributed by atoms with Crippen molar-refractivity contribution in [2.24, 2.45) is 0 Å². The summed E-state index contributed by atoms with van der Waals surface area (Å²) in [6.45, 7) is 3.55. The second-order valence-corrected chi connectivity index (χ2v) is 6.54. The fraction of sp³-hybridized carbons (Fsp3) is 0.158. The quantitative estimate of drug-likeness (QED) is 0.501. The van der Waals surface area contributed by atoms with Crippen LogP contribution in [-0.4, -0.2) is 46.4 Å². The summed E-state index contributed by atoms with van der Waals surface area (Å²) in [6, 6.07) is 9.18. The van der Waals surface area contributed by atoms with Crippen LogP contribution in [0.2, 0.25) is 0 Å². The molecule has 0 spiro atoms. The highest BCUT2D eigenvalue weighted by atomic mass is 16.5. The number of pyridine rings is 1. The highest BCUT2D eigenvalue weighted by Gasteiger charge is 2.19. The smallest absolute Gasteiger partial charge is 0.269 e. The first-order valence-electron chi connectivity index (χ1n) is 8.87. The molecule has 0 atom stereocenters. The molecule has 0 saturated carbocycles. The van der Waals surface area contributed by atoms with E-state index in [4.69, 9.17) is 4.74 Å². The van der Waals surface area contributed by atoms with Crippen molar-refractivity contribution >= 4 is 16.7 Å². The van der Waals surface area contributed by atoms with Crippen molar-refractivity contribution in [3.63, 3.8) is 0 Å². The molecule has 0 fully saturated rings. The van der Waals surface area contributed by atoms with Gasteiger partial charge in [0.15, 0.2) is 0 Å². The van der Waals surface area contributed by atoms with E-state index >= 15 is 0 Å². The summed E-state index contributed by atoms with van der Waals surface area (Å²) in [5.41, 5.74) is 1.54. The van der Waals surface area contributed by atoms with Gasteiger partial charge in [-0.2, -0.15) is 14.5 Å². The number of methoxy groups -OCH3 is 1. The predicted octanol–water partition coefficient (Wildman–Crippen LogP) is 1.84. The molecule has 0 aliphatic heterocycles. The van der Waals surface area contributed by atoms with Crippen LogP contribution in [0.5, 0.6) is 5.75 Å². The van der Waals surface area contributed by atoms with E-state index in [-0.39, 0.29) is 11.5 Å². The lowest BCUT2D eigenvalue weighted by atomic mass is 10.1. The topological polar surface area (TPSA) is 116 Å².